The van der Waals surface area contributed by atoms with E-state index in [0.717, 1.165) is 35.7 Å². The summed E-state index contributed by atoms with van der Waals surface area (Å²) in [7, 11) is 0. The zero-order valence-electron chi connectivity index (χ0n) is 14.2. The number of fused-ring (bicyclic) bond motifs is 1. The molecule has 2 aromatic rings. The van der Waals surface area contributed by atoms with E-state index in [9.17, 15) is 10.1 Å². The van der Waals surface area contributed by atoms with Gasteiger partial charge < -0.3 is 10.1 Å². The number of benzene rings is 1. The Morgan fingerprint density at radius 1 is 1.28 bits per heavy atom. The van der Waals surface area contributed by atoms with E-state index in [1.807, 2.05) is 24.3 Å². The van der Waals surface area contributed by atoms with Crippen LogP contribution in [0.15, 0.2) is 28.7 Å². The Kier molecular flexibility index (Phi) is 5.16. The number of hydrogen-bond donors (Lipinski definition) is 1. The second kappa shape index (κ2) is 7.19. The highest BCUT2D eigenvalue weighted by atomic mass is 79.9. The summed E-state index contributed by atoms with van der Waals surface area (Å²) in [5.74, 6) is 0.361. The molecule has 3 rings (SSSR count). The van der Waals surface area contributed by atoms with Gasteiger partial charge >= 0.3 is 0 Å². The highest BCUT2D eigenvalue weighted by Crippen LogP contribution is 2.38. The first-order valence-electron chi connectivity index (χ1n) is 8.21. The zero-order valence-corrected chi connectivity index (χ0v) is 16.6. The quantitative estimate of drug-likeness (QED) is 0.754. The number of carbonyl (C=O) groups is 1. The van der Waals surface area contributed by atoms with Crippen LogP contribution in [0.2, 0.25) is 0 Å². The van der Waals surface area contributed by atoms with E-state index in [2.05, 4.69) is 27.3 Å². The van der Waals surface area contributed by atoms with Gasteiger partial charge in [-0.25, -0.2) is 0 Å². The van der Waals surface area contributed by atoms with E-state index in [1.165, 1.54) is 16.2 Å². The molecule has 1 aromatic carbocycles. The molecule has 1 N–H and O–H groups in total. The average Bonchev–Trinajstić information content (AvgIpc) is 2.93. The number of rotatable bonds is 4. The van der Waals surface area contributed by atoms with E-state index in [4.69, 9.17) is 4.74 Å². The minimum absolute atomic E-state index is 0.259. The van der Waals surface area contributed by atoms with Gasteiger partial charge in [-0.3, -0.25) is 4.79 Å². The lowest BCUT2D eigenvalue weighted by atomic mass is 9.96. The molecule has 0 saturated heterocycles. The second-order valence-electron chi connectivity index (χ2n) is 6.55. The molecule has 25 heavy (non-hydrogen) atoms. The highest BCUT2D eigenvalue weighted by molar-refractivity contribution is 9.10. The third-order valence-electron chi connectivity index (χ3n) is 4.24. The van der Waals surface area contributed by atoms with Crippen molar-refractivity contribution in [3.05, 3.63) is 44.7 Å². The van der Waals surface area contributed by atoms with Crippen LogP contribution >= 0.6 is 27.3 Å². The molecular weight excluding hydrogens is 400 g/mol. The summed E-state index contributed by atoms with van der Waals surface area (Å²) in [5, 5.41) is 13.1. The van der Waals surface area contributed by atoms with Crippen LogP contribution in [0.5, 0.6) is 5.75 Å². The third kappa shape index (κ3) is 3.88. The van der Waals surface area contributed by atoms with E-state index in [-0.39, 0.29) is 5.91 Å². The SMILES string of the molecule is CC(C)(Oc1ccc(Br)cc1)C(=O)Nc1sc2c(c1C#N)CCCC2. The van der Waals surface area contributed by atoms with Gasteiger partial charge in [0.05, 0.1) is 5.56 Å². The molecule has 0 fully saturated rings. The number of nitrogens with one attached hydrogen (secondary N) is 1. The van der Waals surface area contributed by atoms with E-state index in [0.29, 0.717) is 16.3 Å². The van der Waals surface area contributed by atoms with Crippen molar-refractivity contribution in [3.8, 4) is 11.8 Å². The van der Waals surface area contributed by atoms with Gasteiger partial charge in [-0.2, -0.15) is 5.26 Å². The predicted octanol–water partition coefficient (Wildman–Crippen LogP) is 5.06. The Labute approximate surface area is 159 Å². The standard InChI is InChI=1S/C19H19BrN2O2S/c1-19(2,24-13-9-7-12(20)8-10-13)18(23)22-17-15(11-21)14-5-3-4-6-16(14)25-17/h7-10H,3-6H2,1-2H3,(H,22,23). The first-order chi connectivity index (χ1) is 11.9. The van der Waals surface area contributed by atoms with Crippen molar-refractivity contribution < 1.29 is 9.53 Å². The zero-order chi connectivity index (χ0) is 18.0. The molecule has 0 unspecified atom stereocenters. The van der Waals surface area contributed by atoms with Crippen molar-refractivity contribution in [1.82, 2.24) is 0 Å². The average molecular weight is 419 g/mol. The van der Waals surface area contributed by atoms with Gasteiger partial charge in [-0.05, 0) is 69.4 Å². The van der Waals surface area contributed by atoms with Gasteiger partial charge in [-0.1, -0.05) is 15.9 Å². The Morgan fingerprint density at radius 3 is 2.64 bits per heavy atom. The summed E-state index contributed by atoms with van der Waals surface area (Å²) in [6.07, 6.45) is 4.15. The fourth-order valence-corrected chi connectivity index (χ4v) is 4.37. The second-order valence-corrected chi connectivity index (χ2v) is 8.57. The number of nitrogens with zero attached hydrogens (tertiary/aromatic N) is 1. The molecule has 1 amide bonds. The van der Waals surface area contributed by atoms with Crippen LogP contribution in [0, 0.1) is 11.3 Å². The Balaban J connectivity index is 1.78. The number of ether oxygens (including phenoxy) is 1. The maximum Gasteiger partial charge on any atom is 0.268 e. The molecule has 1 heterocycles. The van der Waals surface area contributed by atoms with Crippen molar-refractivity contribution in [2.24, 2.45) is 0 Å². The summed E-state index contributed by atoms with van der Waals surface area (Å²) in [4.78, 5) is 14.0. The lowest BCUT2D eigenvalue weighted by Gasteiger charge is -2.25. The van der Waals surface area contributed by atoms with Crippen LogP contribution in [0.4, 0.5) is 5.00 Å². The van der Waals surface area contributed by atoms with Gasteiger partial charge in [0.1, 0.15) is 16.8 Å². The van der Waals surface area contributed by atoms with Crippen LogP contribution in [0.3, 0.4) is 0 Å². The van der Waals surface area contributed by atoms with Crippen LogP contribution in [-0.2, 0) is 17.6 Å². The summed E-state index contributed by atoms with van der Waals surface area (Å²) >= 11 is 4.90. The lowest BCUT2D eigenvalue weighted by Crippen LogP contribution is -2.42. The predicted molar refractivity (Wildman–Crippen MR) is 103 cm³/mol. The van der Waals surface area contributed by atoms with E-state index >= 15 is 0 Å². The fraction of sp³-hybridized carbons (Fsp3) is 0.368. The first kappa shape index (κ1) is 18.0. The van der Waals surface area contributed by atoms with E-state index in [1.54, 1.807) is 13.8 Å². The first-order valence-corrected chi connectivity index (χ1v) is 9.82. The fourth-order valence-electron chi connectivity index (χ4n) is 2.87. The van der Waals surface area contributed by atoms with Gasteiger partial charge in [-0.15, -0.1) is 11.3 Å². The lowest BCUT2D eigenvalue weighted by molar-refractivity contribution is -0.128. The molecule has 6 heteroatoms. The van der Waals surface area contributed by atoms with Gasteiger partial charge in [0.15, 0.2) is 5.60 Å². The third-order valence-corrected chi connectivity index (χ3v) is 5.98. The van der Waals surface area contributed by atoms with Crippen molar-refractivity contribution >= 4 is 38.2 Å². The molecule has 4 nitrogen and oxygen atoms in total. The molecule has 130 valence electrons. The van der Waals surface area contributed by atoms with Crippen LogP contribution < -0.4 is 10.1 Å². The Bertz CT molecular complexity index is 834. The summed E-state index contributed by atoms with van der Waals surface area (Å²) in [6, 6.07) is 9.62. The minimum Gasteiger partial charge on any atom is -0.478 e. The van der Waals surface area contributed by atoms with Crippen LogP contribution in [0.25, 0.3) is 0 Å². The molecule has 1 aromatic heterocycles. The number of nitriles is 1. The Hall–Kier alpha value is -1.84. The number of hydrogen-bond acceptors (Lipinski definition) is 4. The molecular formula is C19H19BrN2O2S. The smallest absolute Gasteiger partial charge is 0.268 e. The summed E-state index contributed by atoms with van der Waals surface area (Å²) in [5.41, 5.74) is 0.679. The van der Waals surface area contributed by atoms with Crippen LogP contribution in [-0.4, -0.2) is 11.5 Å². The van der Waals surface area contributed by atoms with Gasteiger partial charge in [0.25, 0.3) is 5.91 Å². The number of halogens is 1. The molecule has 1 aliphatic rings. The number of carbonyl (C=O) groups excluding carboxylic acids is 1. The monoisotopic (exact) mass is 418 g/mol. The van der Waals surface area contributed by atoms with Gasteiger partial charge in [0, 0.05) is 9.35 Å². The summed E-state index contributed by atoms with van der Waals surface area (Å²) < 4.78 is 6.80. The van der Waals surface area contributed by atoms with Crippen molar-refractivity contribution in [2.75, 3.05) is 5.32 Å². The largest absolute Gasteiger partial charge is 0.478 e. The maximum atomic E-state index is 12.7. The van der Waals surface area contributed by atoms with E-state index < -0.39 is 5.60 Å². The van der Waals surface area contributed by atoms with Crippen molar-refractivity contribution in [2.45, 2.75) is 45.1 Å². The molecule has 0 spiro atoms. The number of anilines is 1. The maximum absolute atomic E-state index is 12.7. The summed E-state index contributed by atoms with van der Waals surface area (Å²) in [6.45, 7) is 3.45. The molecule has 1 aliphatic carbocycles. The topological polar surface area (TPSA) is 62.1 Å². The minimum atomic E-state index is -1.05. The molecule has 0 bridgehead atoms. The molecule has 0 atom stereocenters. The molecule has 0 radical (unpaired) electrons. The number of thiophene rings is 1. The molecule has 0 aliphatic heterocycles. The van der Waals surface area contributed by atoms with Crippen molar-refractivity contribution in [3.63, 3.8) is 0 Å². The number of aryl methyl sites for hydroxylation is 1. The van der Waals surface area contributed by atoms with Gasteiger partial charge in [0.2, 0.25) is 0 Å². The Morgan fingerprint density at radius 2 is 1.96 bits per heavy atom. The number of amides is 1. The molecule has 0 saturated carbocycles. The normalized spacial score (nSPS) is 13.7. The van der Waals surface area contributed by atoms with Crippen LogP contribution in [0.1, 0.15) is 42.7 Å². The highest BCUT2D eigenvalue weighted by Gasteiger charge is 2.32. The van der Waals surface area contributed by atoms with Crippen molar-refractivity contribution in [1.29, 1.82) is 5.26 Å².